The minimum Gasteiger partial charge on any atom is -0.481 e. The van der Waals surface area contributed by atoms with Gasteiger partial charge in [-0.3, -0.25) is 48.1 Å². The van der Waals surface area contributed by atoms with Crippen LogP contribution in [0, 0.1) is 11.8 Å². The van der Waals surface area contributed by atoms with E-state index in [1.165, 1.54) is 16.7 Å². The maximum absolute atomic E-state index is 14.7. The van der Waals surface area contributed by atoms with Gasteiger partial charge in [-0.05, 0) is 74.8 Å². The normalized spacial score (nSPS) is 17.9. The lowest BCUT2D eigenvalue weighted by Gasteiger charge is -2.32. The number of hydrogen-bond donors (Lipinski definition) is 11. The number of nitrogens with zero attached hydrogens (tertiary/aromatic N) is 3. The SMILES string of the molecule is CC(C)[C@H](N)C(=O)N[C@@H](C)C(=O)N1CCC[C@H]1C(=O)N[C@@H](Cc1ccccc1)C(=O)N1CCC[C@H]1C(=O)N[C@@H](CCC(=O)O)C(=O)N[C@H](C(=O)N[C@@H](Cc1ccccc1)C(=O)N[C@@H](CCCN=C(N)N)C(=O)O)C(C)C. The van der Waals surface area contributed by atoms with Crippen molar-refractivity contribution in [1.82, 2.24) is 41.7 Å². The quantitative estimate of drug-likeness (QED) is 0.0277. The standard InChI is InChI=1S/C52H76N12O12/c1-29(2)41(53)47(71)57-31(5)49(73)63-25-13-20-38(63)46(70)61-37(28-33-17-10-7-11-18-33)50(74)64-26-14-21-39(64)45(69)58-34(22-23-40(65)66)43(67)62-42(30(3)4)48(72)60-36(27-32-15-8-6-9-16-32)44(68)59-35(51(75)76)19-12-24-56-52(54)55/h6-11,15-18,29-31,34-39,41-42H,12-14,19-28,53H2,1-5H3,(H,57,71)(H,58,69)(H,59,68)(H,60,72)(H,61,70)(H,62,67)(H,65,66)(H,75,76)(H4,54,55,56)/t31-,34-,35-,36-,37-,38-,39-,41-,42-/m0/s1. The number of carboxylic acid groups (broad SMARTS) is 2. The highest BCUT2D eigenvalue weighted by atomic mass is 16.4. The Bertz CT molecular complexity index is 2390. The summed E-state index contributed by atoms with van der Waals surface area (Å²) >= 11 is 0. The second-order valence-electron chi connectivity index (χ2n) is 20.0. The molecule has 0 saturated carbocycles. The number of aliphatic imine (C=N–C) groups is 1. The zero-order chi connectivity index (χ0) is 56.2. The fourth-order valence-corrected chi connectivity index (χ4v) is 8.99. The molecule has 2 aliphatic heterocycles. The molecule has 2 saturated heterocycles. The zero-order valence-corrected chi connectivity index (χ0v) is 43.9. The van der Waals surface area contributed by atoms with E-state index in [0.29, 0.717) is 24.0 Å². The molecule has 24 heteroatoms. The number of carbonyl (C=O) groups is 10. The second-order valence-corrected chi connectivity index (χ2v) is 20.0. The summed E-state index contributed by atoms with van der Waals surface area (Å²) in [6, 6.07) is 6.60. The molecule has 24 nitrogen and oxygen atoms in total. The van der Waals surface area contributed by atoms with Gasteiger partial charge >= 0.3 is 11.9 Å². The monoisotopic (exact) mass is 1060 g/mol. The molecule has 416 valence electrons. The molecule has 2 aromatic carbocycles. The van der Waals surface area contributed by atoms with Crippen molar-refractivity contribution < 1.29 is 58.2 Å². The molecule has 0 aliphatic carbocycles. The van der Waals surface area contributed by atoms with Gasteiger partial charge in [0, 0.05) is 38.9 Å². The Kier molecular flexibility index (Phi) is 23.6. The van der Waals surface area contributed by atoms with E-state index >= 15 is 0 Å². The molecular weight excluding hydrogens is 985 g/mol. The first-order chi connectivity index (χ1) is 36.0. The van der Waals surface area contributed by atoms with E-state index in [0.717, 1.165) is 0 Å². The number of carbonyl (C=O) groups excluding carboxylic acids is 8. The van der Waals surface area contributed by atoms with Crippen LogP contribution in [0.15, 0.2) is 65.7 Å². The summed E-state index contributed by atoms with van der Waals surface area (Å²) < 4.78 is 0. The van der Waals surface area contributed by atoms with Gasteiger partial charge in [0.2, 0.25) is 47.3 Å². The summed E-state index contributed by atoms with van der Waals surface area (Å²) in [4.78, 5) is 142. The molecule has 0 unspecified atom stereocenters. The zero-order valence-electron chi connectivity index (χ0n) is 43.9. The van der Waals surface area contributed by atoms with Gasteiger partial charge < -0.3 is 69.1 Å². The van der Waals surface area contributed by atoms with E-state index in [1.54, 1.807) is 88.4 Å². The largest absolute Gasteiger partial charge is 0.481 e. The van der Waals surface area contributed by atoms with Gasteiger partial charge in [0.05, 0.1) is 6.04 Å². The molecule has 0 spiro atoms. The van der Waals surface area contributed by atoms with E-state index in [1.807, 2.05) is 0 Å². The van der Waals surface area contributed by atoms with Crippen molar-refractivity contribution in [2.45, 2.75) is 153 Å². The Labute approximate surface area is 442 Å². The molecule has 9 atom stereocenters. The Hall–Kier alpha value is -7.63. The Balaban J connectivity index is 1.53. The third-order valence-corrected chi connectivity index (χ3v) is 13.3. The third-order valence-electron chi connectivity index (χ3n) is 13.3. The van der Waals surface area contributed by atoms with Gasteiger partial charge in [-0.2, -0.15) is 0 Å². The van der Waals surface area contributed by atoms with Crippen molar-refractivity contribution >= 4 is 65.2 Å². The average molecular weight is 1060 g/mol. The maximum atomic E-state index is 14.7. The lowest BCUT2D eigenvalue weighted by Crippen LogP contribution is -2.61. The van der Waals surface area contributed by atoms with Crippen molar-refractivity contribution in [3.05, 3.63) is 71.8 Å². The van der Waals surface area contributed by atoms with Crippen molar-refractivity contribution in [3.8, 4) is 0 Å². The molecule has 0 bridgehead atoms. The molecule has 2 heterocycles. The highest BCUT2D eigenvalue weighted by molar-refractivity contribution is 5.98. The molecule has 14 N–H and O–H groups in total. The third kappa shape index (κ3) is 18.3. The second kappa shape index (κ2) is 29.5. The molecular formula is C52H76N12O12. The molecule has 2 aliphatic rings. The van der Waals surface area contributed by atoms with Gasteiger partial charge in [-0.15, -0.1) is 0 Å². The van der Waals surface area contributed by atoms with Crippen molar-refractivity contribution in [3.63, 3.8) is 0 Å². The predicted molar refractivity (Wildman–Crippen MR) is 279 cm³/mol. The van der Waals surface area contributed by atoms with Crippen molar-refractivity contribution in [2.75, 3.05) is 19.6 Å². The summed E-state index contributed by atoms with van der Waals surface area (Å²) in [7, 11) is 0. The van der Waals surface area contributed by atoms with Crippen molar-refractivity contribution in [2.24, 2.45) is 34.0 Å². The topological polar surface area (TPSA) is 380 Å². The van der Waals surface area contributed by atoms with Crippen LogP contribution >= 0.6 is 0 Å². The van der Waals surface area contributed by atoms with Gasteiger partial charge in [-0.25, -0.2) is 4.79 Å². The maximum Gasteiger partial charge on any atom is 0.326 e. The van der Waals surface area contributed by atoms with Crippen LogP contribution < -0.4 is 49.1 Å². The number of aliphatic carboxylic acids is 2. The molecule has 8 amide bonds. The summed E-state index contributed by atoms with van der Waals surface area (Å²) in [6.45, 7) is 8.69. The fraction of sp³-hybridized carbons (Fsp3) is 0.558. The number of carboxylic acids is 2. The summed E-state index contributed by atoms with van der Waals surface area (Å²) in [5, 5.41) is 35.4. The lowest BCUT2D eigenvalue weighted by molar-refractivity contribution is -0.144. The van der Waals surface area contributed by atoms with E-state index in [4.69, 9.17) is 17.2 Å². The van der Waals surface area contributed by atoms with Crippen LogP contribution in [0.1, 0.15) is 97.1 Å². The van der Waals surface area contributed by atoms with E-state index < -0.39 is 132 Å². The Morgan fingerprint density at radius 3 is 1.59 bits per heavy atom. The molecule has 76 heavy (non-hydrogen) atoms. The molecule has 0 aromatic heterocycles. The van der Waals surface area contributed by atoms with Crippen LogP contribution in [0.3, 0.4) is 0 Å². The van der Waals surface area contributed by atoms with Crippen LogP contribution in [-0.2, 0) is 60.8 Å². The number of likely N-dealkylation sites (tertiary alicyclic amines) is 2. The molecule has 4 rings (SSSR count). The van der Waals surface area contributed by atoms with Crippen LogP contribution in [-0.4, -0.2) is 159 Å². The van der Waals surface area contributed by atoms with Crippen LogP contribution in [0.4, 0.5) is 0 Å². The minimum absolute atomic E-state index is 0.00741. The number of hydrogen-bond acceptors (Lipinski definition) is 12. The van der Waals surface area contributed by atoms with Gasteiger partial charge in [-0.1, -0.05) is 88.4 Å². The fourth-order valence-electron chi connectivity index (χ4n) is 8.99. The van der Waals surface area contributed by atoms with E-state index in [2.05, 4.69) is 36.9 Å². The number of rotatable bonds is 28. The highest BCUT2D eigenvalue weighted by Gasteiger charge is 2.42. The first-order valence-corrected chi connectivity index (χ1v) is 25.8. The van der Waals surface area contributed by atoms with Crippen LogP contribution in [0.25, 0.3) is 0 Å². The first kappa shape index (κ1) is 60.9. The van der Waals surface area contributed by atoms with Gasteiger partial charge in [0.15, 0.2) is 5.96 Å². The van der Waals surface area contributed by atoms with Crippen LogP contribution in [0.2, 0.25) is 0 Å². The number of guanidine groups is 1. The highest BCUT2D eigenvalue weighted by Crippen LogP contribution is 2.23. The summed E-state index contributed by atoms with van der Waals surface area (Å²) in [5.41, 5.74) is 18.0. The number of amides is 8. The van der Waals surface area contributed by atoms with Gasteiger partial charge in [0.25, 0.3) is 0 Å². The van der Waals surface area contributed by atoms with Gasteiger partial charge in [0.1, 0.15) is 48.3 Å². The average Bonchev–Trinajstić information content (AvgIpc) is 4.08. The summed E-state index contributed by atoms with van der Waals surface area (Å²) in [6.07, 6.45) is 0.354. The smallest absolute Gasteiger partial charge is 0.326 e. The number of nitrogens with one attached hydrogen (secondary N) is 6. The lowest BCUT2D eigenvalue weighted by atomic mass is 9.99. The van der Waals surface area contributed by atoms with Crippen LogP contribution in [0.5, 0.6) is 0 Å². The minimum atomic E-state index is -1.53. The molecule has 2 fully saturated rings. The Morgan fingerprint density at radius 1 is 0.592 bits per heavy atom. The van der Waals surface area contributed by atoms with E-state index in [9.17, 15) is 58.2 Å². The molecule has 2 aromatic rings. The first-order valence-electron chi connectivity index (χ1n) is 25.8. The van der Waals surface area contributed by atoms with E-state index in [-0.39, 0.29) is 70.0 Å². The number of nitrogens with two attached hydrogens (primary N) is 3. The predicted octanol–water partition coefficient (Wildman–Crippen LogP) is -0.975. The Morgan fingerprint density at radius 2 is 1.09 bits per heavy atom. The number of benzene rings is 2. The van der Waals surface area contributed by atoms with Crippen molar-refractivity contribution in [1.29, 1.82) is 0 Å². The molecule has 0 radical (unpaired) electrons. The summed E-state index contributed by atoms with van der Waals surface area (Å²) in [5.74, 6) is -9.27.